The van der Waals surface area contributed by atoms with Crippen LogP contribution in [-0.2, 0) is 10.0 Å². The van der Waals surface area contributed by atoms with Crippen LogP contribution >= 0.6 is 15.9 Å². The first-order chi connectivity index (χ1) is 9.98. The van der Waals surface area contributed by atoms with Gasteiger partial charge in [0.2, 0.25) is 10.0 Å². The Hall–Kier alpha value is -0.630. The molecule has 0 aromatic heterocycles. The third kappa shape index (κ3) is 2.97. The van der Waals surface area contributed by atoms with Gasteiger partial charge in [0.05, 0.1) is 4.90 Å². The highest BCUT2D eigenvalue weighted by atomic mass is 79.9. The van der Waals surface area contributed by atoms with Gasteiger partial charge in [-0.1, -0.05) is 6.42 Å². The largest absolute Gasteiger partial charge is 0.399 e. The van der Waals surface area contributed by atoms with E-state index in [1.54, 1.807) is 22.5 Å². The van der Waals surface area contributed by atoms with Gasteiger partial charge in [-0.05, 0) is 53.5 Å². The number of hydrogen-bond donors (Lipinski definition) is 1. The molecule has 0 aliphatic carbocycles. The monoisotopic (exact) mass is 373 g/mol. The number of nitrogens with two attached hydrogens (primary N) is 1. The van der Waals surface area contributed by atoms with Gasteiger partial charge in [0.15, 0.2) is 0 Å². The summed E-state index contributed by atoms with van der Waals surface area (Å²) in [6, 6.07) is 5.23. The van der Waals surface area contributed by atoms with E-state index in [-0.39, 0.29) is 0 Å². The molecule has 0 saturated carbocycles. The van der Waals surface area contributed by atoms with E-state index in [0.717, 1.165) is 19.5 Å². The maximum absolute atomic E-state index is 12.8. The predicted octanol–water partition coefficient (Wildman–Crippen LogP) is 1.89. The van der Waals surface area contributed by atoms with Crippen molar-refractivity contribution in [2.75, 3.05) is 31.9 Å². The Labute approximate surface area is 134 Å². The van der Waals surface area contributed by atoms with Crippen molar-refractivity contribution in [2.24, 2.45) is 0 Å². The Kier molecular flexibility index (Phi) is 4.27. The molecule has 1 atom stereocenters. The molecule has 116 valence electrons. The molecule has 0 radical (unpaired) electrons. The zero-order chi connectivity index (χ0) is 15.0. The van der Waals surface area contributed by atoms with Crippen LogP contribution in [0.3, 0.4) is 0 Å². The van der Waals surface area contributed by atoms with Gasteiger partial charge >= 0.3 is 0 Å². The van der Waals surface area contributed by atoms with Crippen LogP contribution in [0.15, 0.2) is 27.6 Å². The average Bonchev–Trinajstić information content (AvgIpc) is 2.46. The Morgan fingerprint density at radius 1 is 1.19 bits per heavy atom. The summed E-state index contributed by atoms with van der Waals surface area (Å²) in [5, 5.41) is 0. The number of nitrogen functional groups attached to an aromatic ring is 1. The van der Waals surface area contributed by atoms with Gasteiger partial charge in [-0.15, -0.1) is 0 Å². The molecule has 0 spiro atoms. The van der Waals surface area contributed by atoms with E-state index in [2.05, 4.69) is 20.8 Å². The topological polar surface area (TPSA) is 66.6 Å². The maximum Gasteiger partial charge on any atom is 0.244 e. The number of benzene rings is 1. The molecule has 3 rings (SSSR count). The van der Waals surface area contributed by atoms with Gasteiger partial charge in [0.1, 0.15) is 0 Å². The fourth-order valence-corrected chi connectivity index (χ4v) is 5.74. The summed E-state index contributed by atoms with van der Waals surface area (Å²) < 4.78 is 27.8. The Morgan fingerprint density at radius 2 is 2.00 bits per heavy atom. The van der Waals surface area contributed by atoms with E-state index in [9.17, 15) is 8.42 Å². The first-order valence-corrected chi connectivity index (χ1v) is 9.51. The summed E-state index contributed by atoms with van der Waals surface area (Å²) in [5.41, 5.74) is 6.25. The Morgan fingerprint density at radius 3 is 2.76 bits per heavy atom. The zero-order valence-corrected chi connectivity index (χ0v) is 14.2. The highest BCUT2D eigenvalue weighted by Gasteiger charge is 2.35. The number of sulfonamides is 1. The van der Waals surface area contributed by atoms with Crippen molar-refractivity contribution in [3.05, 3.63) is 22.7 Å². The standard InChI is InChI=1S/C14H20BrN3O2S/c15-13-9-11(16)4-5-14(13)21(19,20)18-8-7-17-6-2-1-3-12(17)10-18/h4-5,9,12H,1-3,6-8,10,16H2. The van der Waals surface area contributed by atoms with E-state index >= 15 is 0 Å². The average molecular weight is 374 g/mol. The van der Waals surface area contributed by atoms with Gasteiger partial charge in [-0.25, -0.2) is 8.42 Å². The Bertz CT molecular complexity index is 635. The first kappa shape index (κ1) is 15.3. The lowest BCUT2D eigenvalue weighted by Crippen LogP contribution is -2.56. The molecular weight excluding hydrogens is 354 g/mol. The van der Waals surface area contributed by atoms with E-state index in [0.29, 0.717) is 34.2 Å². The van der Waals surface area contributed by atoms with Gasteiger partial charge in [-0.2, -0.15) is 4.31 Å². The molecule has 1 unspecified atom stereocenters. The maximum atomic E-state index is 12.8. The third-order valence-electron chi connectivity index (χ3n) is 4.37. The number of hydrogen-bond acceptors (Lipinski definition) is 4. The fraction of sp³-hybridized carbons (Fsp3) is 0.571. The molecule has 0 bridgehead atoms. The number of piperazine rings is 1. The second kappa shape index (κ2) is 5.87. The van der Waals surface area contributed by atoms with Gasteiger partial charge < -0.3 is 5.73 Å². The lowest BCUT2D eigenvalue weighted by molar-refractivity contribution is 0.0851. The minimum atomic E-state index is -3.46. The third-order valence-corrected chi connectivity index (χ3v) is 7.22. The highest BCUT2D eigenvalue weighted by Crippen LogP contribution is 2.30. The van der Waals surface area contributed by atoms with E-state index in [1.807, 2.05) is 0 Å². The fourth-order valence-electron chi connectivity index (χ4n) is 3.21. The summed E-state index contributed by atoms with van der Waals surface area (Å²) in [4.78, 5) is 2.73. The number of piperidine rings is 1. The van der Waals surface area contributed by atoms with Crippen LogP contribution in [0.4, 0.5) is 5.69 Å². The molecule has 2 aliphatic rings. The molecule has 2 heterocycles. The van der Waals surface area contributed by atoms with E-state index in [4.69, 9.17) is 5.73 Å². The minimum Gasteiger partial charge on any atom is -0.399 e. The second-order valence-electron chi connectivity index (χ2n) is 5.74. The molecule has 0 amide bonds. The van der Waals surface area contributed by atoms with Gasteiger partial charge in [-0.3, -0.25) is 4.90 Å². The van der Waals surface area contributed by atoms with Crippen LogP contribution in [0.25, 0.3) is 0 Å². The number of halogens is 1. The summed E-state index contributed by atoms with van der Waals surface area (Å²) in [6.07, 6.45) is 3.52. The van der Waals surface area contributed by atoms with E-state index in [1.165, 1.54) is 12.8 Å². The van der Waals surface area contributed by atoms with Crippen molar-refractivity contribution in [2.45, 2.75) is 30.2 Å². The number of nitrogens with zero attached hydrogens (tertiary/aromatic N) is 2. The second-order valence-corrected chi connectivity index (χ2v) is 8.50. The van der Waals surface area contributed by atoms with Crippen molar-refractivity contribution >= 4 is 31.6 Å². The van der Waals surface area contributed by atoms with Crippen molar-refractivity contribution in [3.8, 4) is 0 Å². The molecule has 2 aliphatic heterocycles. The minimum absolute atomic E-state index is 0.306. The zero-order valence-electron chi connectivity index (χ0n) is 11.8. The van der Waals surface area contributed by atoms with Crippen molar-refractivity contribution in [3.63, 3.8) is 0 Å². The van der Waals surface area contributed by atoms with E-state index < -0.39 is 10.0 Å². The lowest BCUT2D eigenvalue weighted by Gasteiger charge is -2.43. The highest BCUT2D eigenvalue weighted by molar-refractivity contribution is 9.10. The molecule has 21 heavy (non-hydrogen) atoms. The Balaban J connectivity index is 1.85. The van der Waals surface area contributed by atoms with Gasteiger partial charge in [0.25, 0.3) is 0 Å². The van der Waals surface area contributed by atoms with Crippen molar-refractivity contribution < 1.29 is 8.42 Å². The predicted molar refractivity (Wildman–Crippen MR) is 86.5 cm³/mol. The summed E-state index contributed by atoms with van der Waals surface area (Å²) in [5.74, 6) is 0. The quantitative estimate of drug-likeness (QED) is 0.803. The molecule has 1 aromatic carbocycles. The number of anilines is 1. The molecule has 2 N–H and O–H groups in total. The molecular formula is C14H20BrN3O2S. The van der Waals surface area contributed by atoms with Crippen LogP contribution in [0.1, 0.15) is 19.3 Å². The SMILES string of the molecule is Nc1ccc(S(=O)(=O)N2CCN3CCCCC3C2)c(Br)c1. The molecule has 2 fully saturated rings. The van der Waals surface area contributed by atoms with Crippen LogP contribution in [0.2, 0.25) is 0 Å². The normalized spacial score (nSPS) is 24.7. The first-order valence-electron chi connectivity index (χ1n) is 7.28. The van der Waals surface area contributed by atoms with Crippen LogP contribution in [-0.4, -0.2) is 49.8 Å². The molecule has 5 nitrogen and oxygen atoms in total. The van der Waals surface area contributed by atoms with Crippen LogP contribution in [0.5, 0.6) is 0 Å². The van der Waals surface area contributed by atoms with Crippen LogP contribution in [0, 0.1) is 0 Å². The smallest absolute Gasteiger partial charge is 0.244 e. The molecule has 1 aromatic rings. The van der Waals surface area contributed by atoms with Gasteiger partial charge in [0, 0.05) is 35.8 Å². The molecule has 2 saturated heterocycles. The lowest BCUT2D eigenvalue weighted by atomic mass is 10.0. The number of rotatable bonds is 2. The van der Waals surface area contributed by atoms with Crippen molar-refractivity contribution in [1.82, 2.24) is 9.21 Å². The van der Waals surface area contributed by atoms with Crippen molar-refractivity contribution in [1.29, 1.82) is 0 Å². The summed E-state index contributed by atoms with van der Waals surface area (Å²) >= 11 is 3.32. The van der Waals surface area contributed by atoms with Crippen LogP contribution < -0.4 is 5.73 Å². The number of fused-ring (bicyclic) bond motifs is 1. The molecule has 7 heteroatoms. The summed E-state index contributed by atoms with van der Waals surface area (Å²) in [6.45, 7) is 3.09. The summed E-state index contributed by atoms with van der Waals surface area (Å²) in [7, 11) is -3.46.